The Morgan fingerprint density at radius 1 is 1.04 bits per heavy atom. The molecule has 0 bridgehead atoms. The minimum atomic E-state index is -0.222. The van der Waals surface area contributed by atoms with Gasteiger partial charge in [-0.05, 0) is 24.6 Å². The van der Waals surface area contributed by atoms with Gasteiger partial charge in [-0.25, -0.2) is 0 Å². The fraction of sp³-hybridized carbons (Fsp3) is 0.0556. The third-order valence-corrected chi connectivity index (χ3v) is 3.71. The molecule has 0 saturated heterocycles. The van der Waals surface area contributed by atoms with Crippen molar-refractivity contribution in [1.82, 2.24) is 15.1 Å². The van der Waals surface area contributed by atoms with E-state index in [1.54, 1.807) is 18.3 Å². The Bertz CT molecular complexity index is 1050. The third-order valence-electron chi connectivity index (χ3n) is 3.71. The van der Waals surface area contributed by atoms with Crippen LogP contribution >= 0.6 is 0 Å². The summed E-state index contributed by atoms with van der Waals surface area (Å²) in [5, 5.41) is 3.90. The minimum absolute atomic E-state index is 0.222. The number of aromatic nitrogens is 3. The highest BCUT2D eigenvalue weighted by Crippen LogP contribution is 2.33. The van der Waals surface area contributed by atoms with E-state index >= 15 is 0 Å². The van der Waals surface area contributed by atoms with Gasteiger partial charge in [-0.1, -0.05) is 35.5 Å². The monoisotopic (exact) mass is 303 g/mol. The van der Waals surface area contributed by atoms with Crippen molar-refractivity contribution in [3.05, 3.63) is 70.8 Å². The first-order valence-electron chi connectivity index (χ1n) is 7.24. The van der Waals surface area contributed by atoms with Gasteiger partial charge in [-0.15, -0.1) is 0 Å². The van der Waals surface area contributed by atoms with Gasteiger partial charge in [-0.3, -0.25) is 9.78 Å². The highest BCUT2D eigenvalue weighted by Gasteiger charge is 2.20. The first-order chi connectivity index (χ1) is 11.2. The lowest BCUT2D eigenvalue weighted by Crippen LogP contribution is -2.11. The Morgan fingerprint density at radius 3 is 2.61 bits per heavy atom. The zero-order chi connectivity index (χ0) is 15.8. The Balaban J connectivity index is 2.17. The molecule has 0 amide bonds. The van der Waals surface area contributed by atoms with E-state index in [0.29, 0.717) is 16.8 Å². The number of nitrogens with one attached hydrogen (secondary N) is 1. The van der Waals surface area contributed by atoms with E-state index in [9.17, 15) is 4.79 Å². The number of aromatic amines is 1. The van der Waals surface area contributed by atoms with Gasteiger partial charge in [-0.2, -0.15) is 0 Å². The topological polar surface area (TPSA) is 71.8 Å². The van der Waals surface area contributed by atoms with Crippen LogP contribution in [0.4, 0.5) is 0 Å². The molecule has 0 aliphatic heterocycles. The maximum absolute atomic E-state index is 12.7. The first-order valence-corrected chi connectivity index (χ1v) is 7.24. The molecule has 23 heavy (non-hydrogen) atoms. The van der Waals surface area contributed by atoms with Crippen molar-refractivity contribution in [2.75, 3.05) is 0 Å². The van der Waals surface area contributed by atoms with Crippen LogP contribution in [0.1, 0.15) is 5.69 Å². The van der Waals surface area contributed by atoms with E-state index in [4.69, 9.17) is 4.52 Å². The molecular formula is C18H13N3O2. The molecule has 3 heterocycles. The standard InChI is InChI=1S/C18H13N3O2/c1-11-10-14(23-21-11)16-15(12-6-3-2-4-7-12)17-13(20-18(16)22)8-5-9-19-17/h2-10H,1H3,(H,20,22). The number of H-pyrrole nitrogens is 1. The van der Waals surface area contributed by atoms with Gasteiger partial charge < -0.3 is 9.51 Å². The Morgan fingerprint density at radius 2 is 1.87 bits per heavy atom. The van der Waals surface area contributed by atoms with Crippen LogP contribution in [0.15, 0.2) is 64.0 Å². The molecule has 112 valence electrons. The summed E-state index contributed by atoms with van der Waals surface area (Å²) in [6, 6.07) is 15.1. The molecule has 0 fully saturated rings. The second-order valence-corrected chi connectivity index (χ2v) is 5.30. The molecule has 0 radical (unpaired) electrons. The van der Waals surface area contributed by atoms with Crippen LogP contribution in [-0.2, 0) is 0 Å². The molecule has 5 heteroatoms. The number of aryl methyl sites for hydroxylation is 1. The van der Waals surface area contributed by atoms with Gasteiger partial charge >= 0.3 is 0 Å². The molecule has 0 aliphatic rings. The number of rotatable bonds is 2. The van der Waals surface area contributed by atoms with Crippen molar-refractivity contribution >= 4 is 11.0 Å². The number of hydrogen-bond acceptors (Lipinski definition) is 4. The van der Waals surface area contributed by atoms with E-state index in [2.05, 4.69) is 15.1 Å². The summed E-state index contributed by atoms with van der Waals surface area (Å²) in [6.07, 6.45) is 1.71. The second kappa shape index (κ2) is 5.21. The zero-order valence-corrected chi connectivity index (χ0v) is 12.4. The summed E-state index contributed by atoms with van der Waals surface area (Å²) in [7, 11) is 0. The first kappa shape index (κ1) is 13.5. The molecule has 0 spiro atoms. The summed E-state index contributed by atoms with van der Waals surface area (Å²) >= 11 is 0. The predicted molar refractivity (Wildman–Crippen MR) is 88.0 cm³/mol. The molecule has 4 rings (SSSR count). The van der Waals surface area contributed by atoms with E-state index < -0.39 is 0 Å². The second-order valence-electron chi connectivity index (χ2n) is 5.30. The van der Waals surface area contributed by atoms with Crippen LogP contribution in [0.5, 0.6) is 0 Å². The van der Waals surface area contributed by atoms with Crippen molar-refractivity contribution < 1.29 is 4.52 Å². The summed E-state index contributed by atoms with van der Waals surface area (Å²) in [5.74, 6) is 0.440. The Hall–Kier alpha value is -3.21. The fourth-order valence-electron chi connectivity index (χ4n) is 2.72. The fourth-order valence-corrected chi connectivity index (χ4v) is 2.72. The lowest BCUT2D eigenvalue weighted by Gasteiger charge is -2.10. The number of benzene rings is 1. The minimum Gasteiger partial charge on any atom is -0.356 e. The maximum Gasteiger partial charge on any atom is 0.260 e. The lowest BCUT2D eigenvalue weighted by atomic mass is 9.97. The van der Waals surface area contributed by atoms with Crippen molar-refractivity contribution in [2.45, 2.75) is 6.92 Å². The van der Waals surface area contributed by atoms with Gasteiger partial charge in [0.05, 0.1) is 22.3 Å². The van der Waals surface area contributed by atoms with Crippen LogP contribution < -0.4 is 5.56 Å². The SMILES string of the molecule is Cc1cc(-c2c(-c3ccccc3)c3ncccc3[nH]c2=O)on1. The van der Waals surface area contributed by atoms with Crippen LogP contribution in [0.2, 0.25) is 0 Å². The number of nitrogens with zero attached hydrogens (tertiary/aromatic N) is 2. The van der Waals surface area contributed by atoms with Gasteiger partial charge in [0.25, 0.3) is 5.56 Å². The smallest absolute Gasteiger partial charge is 0.260 e. The van der Waals surface area contributed by atoms with Crippen LogP contribution in [0.25, 0.3) is 33.5 Å². The summed E-state index contributed by atoms with van der Waals surface area (Å²) < 4.78 is 5.34. The highest BCUT2D eigenvalue weighted by molar-refractivity contribution is 5.98. The van der Waals surface area contributed by atoms with Crippen molar-refractivity contribution in [2.24, 2.45) is 0 Å². The summed E-state index contributed by atoms with van der Waals surface area (Å²) in [6.45, 7) is 1.82. The summed E-state index contributed by atoms with van der Waals surface area (Å²) in [4.78, 5) is 20.0. The van der Waals surface area contributed by atoms with Crippen molar-refractivity contribution in [3.63, 3.8) is 0 Å². The number of hydrogen-bond donors (Lipinski definition) is 1. The summed E-state index contributed by atoms with van der Waals surface area (Å²) in [5.41, 5.74) is 4.02. The van der Waals surface area contributed by atoms with Crippen molar-refractivity contribution in [1.29, 1.82) is 0 Å². The average molecular weight is 303 g/mol. The van der Waals surface area contributed by atoms with Gasteiger partial charge in [0.2, 0.25) is 0 Å². The normalized spacial score (nSPS) is 11.0. The molecule has 0 aliphatic carbocycles. The van der Waals surface area contributed by atoms with E-state index in [1.165, 1.54) is 0 Å². The average Bonchev–Trinajstić information content (AvgIpc) is 3.00. The third kappa shape index (κ3) is 2.23. The van der Waals surface area contributed by atoms with Gasteiger partial charge in [0.15, 0.2) is 5.76 Å². The highest BCUT2D eigenvalue weighted by atomic mass is 16.5. The molecule has 0 saturated carbocycles. The molecule has 4 aromatic rings. The molecule has 0 unspecified atom stereocenters. The van der Waals surface area contributed by atoms with Crippen LogP contribution in [0, 0.1) is 6.92 Å². The lowest BCUT2D eigenvalue weighted by molar-refractivity contribution is 0.427. The number of pyridine rings is 2. The molecular weight excluding hydrogens is 290 g/mol. The quantitative estimate of drug-likeness (QED) is 0.614. The largest absolute Gasteiger partial charge is 0.356 e. The van der Waals surface area contributed by atoms with E-state index in [0.717, 1.165) is 22.3 Å². The van der Waals surface area contributed by atoms with Crippen LogP contribution in [0.3, 0.4) is 0 Å². The van der Waals surface area contributed by atoms with E-state index in [1.807, 2.05) is 43.3 Å². The number of fused-ring (bicyclic) bond motifs is 1. The van der Waals surface area contributed by atoms with E-state index in [-0.39, 0.29) is 5.56 Å². The molecule has 1 N–H and O–H groups in total. The van der Waals surface area contributed by atoms with Crippen LogP contribution in [-0.4, -0.2) is 15.1 Å². The Kier molecular flexibility index (Phi) is 3.05. The van der Waals surface area contributed by atoms with Gasteiger partial charge in [0, 0.05) is 17.8 Å². The van der Waals surface area contributed by atoms with Gasteiger partial charge in [0.1, 0.15) is 0 Å². The zero-order valence-electron chi connectivity index (χ0n) is 12.4. The maximum atomic E-state index is 12.7. The van der Waals surface area contributed by atoms with Crippen molar-refractivity contribution in [3.8, 4) is 22.5 Å². The Labute approximate surface area is 131 Å². The molecule has 3 aromatic heterocycles. The molecule has 0 atom stereocenters. The predicted octanol–water partition coefficient (Wildman–Crippen LogP) is 3.55. The molecule has 1 aromatic carbocycles. The molecule has 5 nitrogen and oxygen atoms in total.